The fraction of sp³-hybridized carbons (Fsp3) is 0.176. The van der Waals surface area contributed by atoms with Gasteiger partial charge in [0, 0.05) is 12.2 Å². The third kappa shape index (κ3) is 3.48. The molecule has 1 aliphatic heterocycles. The number of phenols is 1. The Balaban J connectivity index is 1.70. The minimum Gasteiger partial charge on any atom is -0.508 e. The fourth-order valence-corrected chi connectivity index (χ4v) is 3.85. The summed E-state index contributed by atoms with van der Waals surface area (Å²) in [5, 5.41) is 12.4. The Hall–Kier alpha value is -2.05. The molecule has 0 spiro atoms. The lowest BCUT2D eigenvalue weighted by Crippen LogP contribution is -2.33. The Bertz CT molecular complexity index is 747. The van der Waals surface area contributed by atoms with E-state index in [4.69, 9.17) is 12.2 Å². The van der Waals surface area contributed by atoms with Crippen LogP contribution in [0.4, 0.5) is 11.4 Å². The van der Waals surface area contributed by atoms with Gasteiger partial charge in [0.2, 0.25) is 5.91 Å². The number of benzene rings is 2. The molecule has 0 radical (unpaired) electrons. The molecule has 4 nitrogen and oxygen atoms in total. The van der Waals surface area contributed by atoms with Gasteiger partial charge in [0.05, 0.1) is 5.69 Å². The second-order valence-electron chi connectivity index (χ2n) is 5.31. The van der Waals surface area contributed by atoms with Gasteiger partial charge in [-0.1, -0.05) is 36.1 Å². The maximum Gasteiger partial charge on any atom is 0.247 e. The summed E-state index contributed by atoms with van der Waals surface area (Å²) >= 11 is 6.73. The first-order chi connectivity index (χ1) is 11.0. The molecule has 1 unspecified atom stereocenters. The fourth-order valence-electron chi connectivity index (χ4n) is 2.39. The van der Waals surface area contributed by atoms with Gasteiger partial charge in [-0.2, -0.15) is 0 Å². The number of nitrogens with zero attached hydrogens (tertiary/aromatic N) is 1. The number of carbonyl (C=O) groups is 1. The van der Waals surface area contributed by atoms with Crippen LogP contribution in [0, 0.1) is 6.92 Å². The van der Waals surface area contributed by atoms with E-state index in [9.17, 15) is 9.90 Å². The average molecular weight is 344 g/mol. The summed E-state index contributed by atoms with van der Waals surface area (Å²) in [5.41, 5.74) is 2.84. The van der Waals surface area contributed by atoms with Crippen molar-refractivity contribution in [2.75, 3.05) is 16.8 Å². The van der Waals surface area contributed by atoms with Crippen molar-refractivity contribution in [1.82, 2.24) is 0 Å². The number of hydrogen-bond donors (Lipinski definition) is 2. The minimum absolute atomic E-state index is 0.0363. The highest BCUT2D eigenvalue weighted by molar-refractivity contribution is 8.25. The molecule has 0 bridgehead atoms. The van der Waals surface area contributed by atoms with Gasteiger partial charge < -0.3 is 10.4 Å². The smallest absolute Gasteiger partial charge is 0.247 e. The highest BCUT2D eigenvalue weighted by Gasteiger charge is 2.37. The molecular weight excluding hydrogens is 328 g/mol. The number of rotatable bonds is 4. The van der Waals surface area contributed by atoms with E-state index >= 15 is 0 Å². The van der Waals surface area contributed by atoms with Crippen molar-refractivity contribution < 1.29 is 9.90 Å². The first-order valence-corrected chi connectivity index (χ1v) is 8.47. The molecule has 2 N–H and O–H groups in total. The molecule has 1 fully saturated rings. The first-order valence-electron chi connectivity index (χ1n) is 7.19. The zero-order valence-corrected chi connectivity index (χ0v) is 14.2. The predicted molar refractivity (Wildman–Crippen MR) is 99.2 cm³/mol. The van der Waals surface area contributed by atoms with Gasteiger partial charge in [0.1, 0.15) is 15.3 Å². The van der Waals surface area contributed by atoms with Crippen molar-refractivity contribution >= 4 is 45.6 Å². The van der Waals surface area contributed by atoms with Crippen LogP contribution in [0.15, 0.2) is 48.5 Å². The second kappa shape index (κ2) is 6.60. The van der Waals surface area contributed by atoms with Gasteiger partial charge in [-0.15, -0.1) is 0 Å². The molecule has 0 aliphatic carbocycles. The highest BCUT2D eigenvalue weighted by atomic mass is 32.2. The van der Waals surface area contributed by atoms with Crippen LogP contribution in [0.25, 0.3) is 0 Å². The van der Waals surface area contributed by atoms with Crippen LogP contribution in [-0.2, 0) is 4.79 Å². The quantitative estimate of drug-likeness (QED) is 0.831. The summed E-state index contributed by atoms with van der Waals surface area (Å²) in [5.74, 6) is 0.127. The zero-order chi connectivity index (χ0) is 16.4. The lowest BCUT2D eigenvalue weighted by atomic mass is 10.2. The van der Waals surface area contributed by atoms with Crippen LogP contribution in [0.1, 0.15) is 5.56 Å². The molecule has 2 aromatic rings. The van der Waals surface area contributed by atoms with Crippen LogP contribution in [0.5, 0.6) is 5.75 Å². The third-order valence-electron chi connectivity index (χ3n) is 3.54. The van der Waals surface area contributed by atoms with E-state index < -0.39 is 0 Å². The van der Waals surface area contributed by atoms with E-state index in [1.54, 1.807) is 24.3 Å². The van der Waals surface area contributed by atoms with Crippen LogP contribution >= 0.6 is 24.0 Å². The zero-order valence-electron chi connectivity index (χ0n) is 12.5. The van der Waals surface area contributed by atoms with Crippen molar-refractivity contribution in [3.05, 3.63) is 54.1 Å². The van der Waals surface area contributed by atoms with E-state index in [0.29, 0.717) is 16.6 Å². The van der Waals surface area contributed by atoms with E-state index in [1.807, 2.05) is 31.2 Å². The maximum absolute atomic E-state index is 12.6. The number of aromatic hydroxyl groups is 1. The van der Waals surface area contributed by atoms with Crippen LogP contribution < -0.4 is 10.2 Å². The van der Waals surface area contributed by atoms with Gasteiger partial charge in [-0.25, -0.2) is 0 Å². The third-order valence-corrected chi connectivity index (χ3v) is 5.05. The summed E-state index contributed by atoms with van der Waals surface area (Å²) in [6.07, 6.45) is 0. The number of carbonyl (C=O) groups excluding carboxylic acids is 1. The number of thioether (sulfide) groups is 1. The molecule has 1 atom stereocenters. The number of thiocarbonyl (C=S) groups is 1. The Kier molecular flexibility index (Phi) is 4.54. The summed E-state index contributed by atoms with van der Waals surface area (Å²) in [7, 11) is 0. The van der Waals surface area contributed by atoms with Crippen molar-refractivity contribution in [2.45, 2.75) is 12.2 Å². The lowest BCUT2D eigenvalue weighted by Gasteiger charge is -2.16. The van der Waals surface area contributed by atoms with Gasteiger partial charge in [0.15, 0.2) is 0 Å². The number of aryl methyl sites for hydroxylation is 1. The SMILES string of the molecule is Cc1cccc(NCC2SC(=S)N(c3ccc(O)cc3)C2=O)c1. The van der Waals surface area contributed by atoms with Crippen LogP contribution in [-0.4, -0.2) is 27.1 Å². The van der Waals surface area contributed by atoms with Gasteiger partial charge in [-0.3, -0.25) is 9.69 Å². The number of phenolic OH excluding ortho intramolecular Hbond substituents is 1. The van der Waals surface area contributed by atoms with Crippen molar-refractivity contribution in [3.63, 3.8) is 0 Å². The molecule has 0 aromatic heterocycles. The normalized spacial score (nSPS) is 17.6. The highest BCUT2D eigenvalue weighted by Crippen LogP contribution is 2.32. The monoisotopic (exact) mass is 344 g/mol. The van der Waals surface area contributed by atoms with E-state index in [1.165, 1.54) is 22.2 Å². The minimum atomic E-state index is -0.253. The van der Waals surface area contributed by atoms with Gasteiger partial charge in [0.25, 0.3) is 0 Å². The van der Waals surface area contributed by atoms with Crippen molar-refractivity contribution in [1.29, 1.82) is 0 Å². The molecule has 0 saturated carbocycles. The molecule has 2 aromatic carbocycles. The second-order valence-corrected chi connectivity index (χ2v) is 7.15. The molecule has 1 amide bonds. The Morgan fingerprint density at radius 1 is 1.26 bits per heavy atom. The largest absolute Gasteiger partial charge is 0.508 e. The molecule has 6 heteroatoms. The van der Waals surface area contributed by atoms with E-state index in [0.717, 1.165) is 5.69 Å². The maximum atomic E-state index is 12.6. The lowest BCUT2D eigenvalue weighted by molar-refractivity contribution is -0.116. The molecular formula is C17H16N2O2S2. The Labute approximate surface area is 144 Å². The molecule has 3 rings (SSSR count). The number of amides is 1. The van der Waals surface area contributed by atoms with Gasteiger partial charge in [-0.05, 0) is 48.9 Å². The summed E-state index contributed by atoms with van der Waals surface area (Å²) in [4.78, 5) is 14.1. The van der Waals surface area contributed by atoms with Crippen molar-refractivity contribution in [3.8, 4) is 5.75 Å². The number of nitrogens with one attached hydrogen (secondary N) is 1. The first kappa shape index (κ1) is 15.8. The Morgan fingerprint density at radius 2 is 2.00 bits per heavy atom. The van der Waals surface area contributed by atoms with Gasteiger partial charge >= 0.3 is 0 Å². The summed E-state index contributed by atoms with van der Waals surface area (Å²) in [6, 6.07) is 14.5. The number of anilines is 2. The average Bonchev–Trinajstić information content (AvgIpc) is 2.81. The summed E-state index contributed by atoms with van der Waals surface area (Å²) < 4.78 is 0.539. The molecule has 1 heterocycles. The topological polar surface area (TPSA) is 52.6 Å². The van der Waals surface area contributed by atoms with Crippen LogP contribution in [0.3, 0.4) is 0 Å². The number of hydrogen-bond acceptors (Lipinski definition) is 5. The van der Waals surface area contributed by atoms with Crippen LogP contribution in [0.2, 0.25) is 0 Å². The molecule has 1 saturated heterocycles. The molecule has 1 aliphatic rings. The molecule has 23 heavy (non-hydrogen) atoms. The predicted octanol–water partition coefficient (Wildman–Crippen LogP) is 3.55. The standard InChI is InChI=1S/C17H16N2O2S2/c1-11-3-2-4-12(9-11)18-10-15-16(21)19(17(22)23-15)13-5-7-14(20)8-6-13/h2-9,15,18,20H,10H2,1H3. The summed E-state index contributed by atoms with van der Waals surface area (Å²) in [6.45, 7) is 2.55. The molecule has 118 valence electrons. The van der Waals surface area contributed by atoms with Crippen molar-refractivity contribution in [2.24, 2.45) is 0 Å². The van der Waals surface area contributed by atoms with E-state index in [2.05, 4.69) is 5.32 Å². The van der Waals surface area contributed by atoms with E-state index in [-0.39, 0.29) is 16.9 Å². The Morgan fingerprint density at radius 3 is 2.70 bits per heavy atom.